The Kier molecular flexibility index (Phi) is 479. The summed E-state index contributed by atoms with van der Waals surface area (Å²) in [6.45, 7) is 0. The molecule has 5 heavy (non-hydrogen) atoms. The zero-order valence-electron chi connectivity index (χ0n) is 1.63. The van der Waals surface area contributed by atoms with Crippen molar-refractivity contribution >= 4 is 76.3 Å². The lowest BCUT2D eigenvalue weighted by Gasteiger charge is -0.115. The largest absolute Gasteiger partial charge is 0.114 e. The average molecular weight is 337 g/mol. The first-order valence-electron chi connectivity index (χ1n) is 0. The summed E-state index contributed by atoms with van der Waals surface area (Å²) in [4.78, 5) is 0. The molecular formula is H7BBr4. The van der Waals surface area contributed by atoms with Gasteiger partial charge in [0.05, 0.1) is 8.41 Å². The molecule has 0 unspecified atom stereocenters. The lowest BCUT2D eigenvalue weighted by Crippen LogP contribution is -0.381. The molecule has 0 aromatic heterocycles. The van der Waals surface area contributed by atoms with Crippen LogP contribution in [-0.2, 0) is 0 Å². The van der Waals surface area contributed by atoms with Crippen molar-refractivity contribution in [3.8, 4) is 0 Å². The van der Waals surface area contributed by atoms with Gasteiger partial charge in [0.2, 0.25) is 0 Å². The Balaban J connectivity index is 0. The highest BCUT2D eigenvalue weighted by Gasteiger charge is 0.0814. The Morgan fingerprint density at radius 1 is 0.400 bits per heavy atom. The van der Waals surface area contributed by atoms with Gasteiger partial charge in [0, 0.05) is 0 Å². The van der Waals surface area contributed by atoms with E-state index in [1.54, 1.807) is 0 Å². The lowest BCUT2D eigenvalue weighted by atomic mass is 10.8. The molecule has 0 aliphatic carbocycles. The highest BCUT2D eigenvalue weighted by molar-refractivity contribution is 8.93. The maximum atomic E-state index is 0. The summed E-state index contributed by atoms with van der Waals surface area (Å²) in [5.41, 5.74) is 0. The summed E-state index contributed by atoms with van der Waals surface area (Å²) in [7, 11) is 0. The highest BCUT2D eigenvalue weighted by Crippen LogP contribution is 0.849. The second kappa shape index (κ2) is 37.7. The molecular weight excluding hydrogens is 330 g/mol. The van der Waals surface area contributed by atoms with Gasteiger partial charge >= 0.3 is 0 Å². The molecule has 0 fully saturated rings. The van der Waals surface area contributed by atoms with Crippen LogP contribution in [0.15, 0.2) is 0 Å². The second-order valence-corrected chi connectivity index (χ2v) is 0. The Hall–Kier alpha value is 1.98. The summed E-state index contributed by atoms with van der Waals surface area (Å²) >= 11 is 0. The maximum Gasteiger partial charge on any atom is 0.0814 e. The number of hydrogen-bond acceptors (Lipinski definition) is 0. The van der Waals surface area contributed by atoms with Crippen molar-refractivity contribution in [2.24, 2.45) is 0 Å². The molecule has 0 aromatic carbocycles. The Bertz CT molecular complexity index is 3.61. The van der Waals surface area contributed by atoms with E-state index in [-0.39, 0.29) is 76.3 Å². The molecule has 0 N–H and O–H groups in total. The summed E-state index contributed by atoms with van der Waals surface area (Å²) in [6.07, 6.45) is 0. The highest BCUT2D eigenvalue weighted by atomic mass is 79.9. The second-order valence-electron chi connectivity index (χ2n) is 0. The normalized spacial score (nSPS) is 0. The molecule has 0 nitrogen and oxygen atoms in total. The van der Waals surface area contributed by atoms with E-state index in [1.807, 2.05) is 0 Å². The summed E-state index contributed by atoms with van der Waals surface area (Å²) in [5.74, 6) is 0. The van der Waals surface area contributed by atoms with Crippen LogP contribution in [0.1, 0.15) is 0 Å². The van der Waals surface area contributed by atoms with Crippen molar-refractivity contribution in [3.05, 3.63) is 0 Å². The van der Waals surface area contributed by atoms with E-state index in [0.29, 0.717) is 0 Å². The fourth-order valence-corrected chi connectivity index (χ4v) is 0. The molecule has 0 bridgehead atoms. The van der Waals surface area contributed by atoms with E-state index >= 15 is 0 Å². The van der Waals surface area contributed by atoms with Gasteiger partial charge in [-0.15, -0.1) is 67.9 Å². The van der Waals surface area contributed by atoms with Crippen LogP contribution >= 0.6 is 67.9 Å². The van der Waals surface area contributed by atoms with Crippen LogP contribution in [0.2, 0.25) is 0 Å². The van der Waals surface area contributed by atoms with E-state index in [9.17, 15) is 0 Å². The first-order chi connectivity index (χ1) is 0. The molecule has 0 aliphatic rings. The smallest absolute Gasteiger partial charge is 0.0814 e. The standard InChI is InChI=1S/BH3.4BrH/h1H3;4*1H. The molecule has 0 saturated heterocycles. The summed E-state index contributed by atoms with van der Waals surface area (Å²) in [5, 5.41) is 0. The van der Waals surface area contributed by atoms with Crippen molar-refractivity contribution in [2.75, 3.05) is 0 Å². The van der Waals surface area contributed by atoms with Crippen LogP contribution in [-0.4, -0.2) is 8.41 Å². The zero-order valence-corrected chi connectivity index (χ0v) is 8.49. The van der Waals surface area contributed by atoms with Gasteiger partial charge in [-0.3, -0.25) is 0 Å². The van der Waals surface area contributed by atoms with E-state index in [2.05, 4.69) is 0 Å². The third-order valence-corrected chi connectivity index (χ3v) is 0. The quantitative estimate of drug-likeness (QED) is 0.581. The van der Waals surface area contributed by atoms with E-state index in [1.165, 1.54) is 0 Å². The first-order valence-corrected chi connectivity index (χ1v) is 0. The summed E-state index contributed by atoms with van der Waals surface area (Å²) < 4.78 is 0. The minimum Gasteiger partial charge on any atom is -0.114 e. The fraction of sp³-hybridized carbons (Fsp3) is 0. The van der Waals surface area contributed by atoms with Crippen molar-refractivity contribution < 1.29 is 0 Å². The number of halogens is 4. The van der Waals surface area contributed by atoms with Crippen LogP contribution in [0.5, 0.6) is 0 Å². The molecule has 0 aromatic rings. The number of hydrogen-bond donors (Lipinski definition) is 0. The van der Waals surface area contributed by atoms with Gasteiger partial charge in [0.25, 0.3) is 0 Å². The first kappa shape index (κ1) is 63.5. The van der Waals surface area contributed by atoms with Crippen LogP contribution < -0.4 is 0 Å². The molecule has 0 radical (unpaired) electrons. The molecule has 0 aliphatic heterocycles. The predicted molar refractivity (Wildman–Crippen MR) is 51.2 cm³/mol. The molecule has 0 atom stereocenters. The van der Waals surface area contributed by atoms with E-state index in [4.69, 9.17) is 0 Å². The third kappa shape index (κ3) is 24.1. The zero-order chi connectivity index (χ0) is 0. The molecule has 0 spiro atoms. The SMILES string of the molecule is B.Br.Br.Br.Br. The van der Waals surface area contributed by atoms with Crippen molar-refractivity contribution in [3.63, 3.8) is 0 Å². The third-order valence-electron chi connectivity index (χ3n) is 0. The molecule has 0 amide bonds. The Morgan fingerprint density at radius 2 is 0.400 bits per heavy atom. The molecule has 0 saturated carbocycles. The van der Waals surface area contributed by atoms with Crippen LogP contribution in [0.25, 0.3) is 0 Å². The monoisotopic (exact) mass is 334 g/mol. The minimum absolute atomic E-state index is 0. The molecule has 5 heteroatoms. The van der Waals surface area contributed by atoms with Crippen LogP contribution in [0, 0.1) is 0 Å². The van der Waals surface area contributed by atoms with Crippen molar-refractivity contribution in [1.82, 2.24) is 0 Å². The number of rotatable bonds is 0. The molecule has 0 rings (SSSR count). The molecule has 0 heterocycles. The van der Waals surface area contributed by atoms with Crippen LogP contribution in [0.4, 0.5) is 0 Å². The van der Waals surface area contributed by atoms with Gasteiger partial charge in [-0.2, -0.15) is 0 Å². The minimum atomic E-state index is 0. The van der Waals surface area contributed by atoms with E-state index in [0.717, 1.165) is 0 Å². The molecule has 38 valence electrons. The van der Waals surface area contributed by atoms with Gasteiger partial charge in [-0.1, -0.05) is 0 Å². The topological polar surface area (TPSA) is 0 Å². The van der Waals surface area contributed by atoms with Crippen molar-refractivity contribution in [1.29, 1.82) is 0 Å². The Labute approximate surface area is 75.7 Å². The lowest BCUT2D eigenvalue weighted by molar-refractivity contribution is 5.75. The summed E-state index contributed by atoms with van der Waals surface area (Å²) in [6, 6.07) is 0. The van der Waals surface area contributed by atoms with Gasteiger partial charge in [-0.05, 0) is 0 Å². The fourth-order valence-electron chi connectivity index (χ4n) is 0. The van der Waals surface area contributed by atoms with Gasteiger partial charge < -0.3 is 0 Å². The average Bonchev–Trinajstić information content (AvgIpc) is 0. The van der Waals surface area contributed by atoms with Gasteiger partial charge in [-0.25, -0.2) is 0 Å². The van der Waals surface area contributed by atoms with Gasteiger partial charge in [0.1, 0.15) is 0 Å². The van der Waals surface area contributed by atoms with E-state index < -0.39 is 0 Å². The van der Waals surface area contributed by atoms with Gasteiger partial charge in [0.15, 0.2) is 0 Å². The predicted octanol–water partition coefficient (Wildman–Crippen LogP) is 1.13. The maximum absolute atomic E-state index is 0. The Morgan fingerprint density at radius 3 is 0.400 bits per heavy atom. The van der Waals surface area contributed by atoms with Crippen LogP contribution in [0.3, 0.4) is 0 Å². The van der Waals surface area contributed by atoms with Crippen molar-refractivity contribution in [2.45, 2.75) is 0 Å².